The summed E-state index contributed by atoms with van der Waals surface area (Å²) in [6.45, 7) is 1.79. The fraction of sp³-hybridized carbons (Fsp3) is 0.143. The van der Waals surface area contributed by atoms with Gasteiger partial charge >= 0.3 is 5.97 Å². The van der Waals surface area contributed by atoms with Gasteiger partial charge in [0.05, 0.1) is 35.6 Å². The Morgan fingerprint density at radius 3 is 2.59 bits per heavy atom. The van der Waals surface area contributed by atoms with Gasteiger partial charge in [0.15, 0.2) is 11.8 Å². The van der Waals surface area contributed by atoms with Gasteiger partial charge in [-0.3, -0.25) is 9.59 Å². The Morgan fingerprint density at radius 1 is 1.08 bits per heavy atom. The molecule has 3 aromatic carbocycles. The predicted molar refractivity (Wildman–Crippen MR) is 154 cm³/mol. The molecule has 0 aliphatic carbocycles. The van der Waals surface area contributed by atoms with E-state index in [-0.39, 0.29) is 18.4 Å². The Bertz CT molecular complexity index is 1460. The van der Waals surface area contributed by atoms with Crippen LogP contribution in [0.2, 0.25) is 0 Å². The molecule has 0 spiro atoms. The molecule has 1 aliphatic rings. The van der Waals surface area contributed by atoms with Crippen molar-refractivity contribution in [3.05, 3.63) is 87.2 Å². The number of nitrogens with one attached hydrogen (secondary N) is 2. The summed E-state index contributed by atoms with van der Waals surface area (Å²) < 4.78 is 16.8. The molecular formula is C28H24BrN3O6S. The molecule has 9 nitrogen and oxygen atoms in total. The van der Waals surface area contributed by atoms with Gasteiger partial charge in [0.2, 0.25) is 0 Å². The van der Waals surface area contributed by atoms with Gasteiger partial charge in [-0.25, -0.2) is 9.79 Å². The zero-order valence-electron chi connectivity index (χ0n) is 21.0. The summed E-state index contributed by atoms with van der Waals surface area (Å²) >= 11 is 4.61. The Kier molecular flexibility index (Phi) is 9.40. The summed E-state index contributed by atoms with van der Waals surface area (Å²) in [6, 6.07) is 18.9. The standard InChI is InChI=1S/C28H24BrN3O6S/c1-3-37-27(35)17-8-11-20(12-9-17)30-28-32-26(34)24(39-28)15-18-14-19(29)10-13-22(18)38-16-25(33)31-21-6-4-5-7-23(21)36-2/h4-15H,3,16H2,1-2H3,(H,31,33)(H,30,32,34)/b24-15+. The number of hydrogen-bond donors (Lipinski definition) is 2. The van der Waals surface area contributed by atoms with Crippen molar-refractivity contribution in [3.8, 4) is 11.5 Å². The molecule has 2 N–H and O–H groups in total. The van der Waals surface area contributed by atoms with Gasteiger partial charge in [-0.05, 0) is 79.4 Å². The van der Waals surface area contributed by atoms with Gasteiger partial charge in [-0.15, -0.1) is 0 Å². The second-order valence-corrected chi connectivity index (χ2v) is 9.91. The average molecular weight is 610 g/mol. The molecule has 1 heterocycles. The molecule has 11 heteroatoms. The van der Waals surface area contributed by atoms with Gasteiger partial charge in [0.25, 0.3) is 11.8 Å². The zero-order valence-corrected chi connectivity index (χ0v) is 23.4. The number of amidine groups is 1. The number of carbonyl (C=O) groups is 3. The maximum Gasteiger partial charge on any atom is 0.338 e. The maximum atomic E-state index is 12.6. The fourth-order valence-electron chi connectivity index (χ4n) is 3.47. The number of rotatable bonds is 9. The van der Waals surface area contributed by atoms with Crippen LogP contribution in [-0.2, 0) is 14.3 Å². The van der Waals surface area contributed by atoms with E-state index in [4.69, 9.17) is 14.2 Å². The monoisotopic (exact) mass is 609 g/mol. The molecule has 0 bridgehead atoms. The quantitative estimate of drug-likeness (QED) is 0.241. The summed E-state index contributed by atoms with van der Waals surface area (Å²) in [4.78, 5) is 41.8. The number of thioether (sulfide) groups is 1. The van der Waals surface area contributed by atoms with Crippen LogP contribution < -0.4 is 20.1 Å². The van der Waals surface area contributed by atoms with E-state index in [0.29, 0.717) is 50.7 Å². The van der Waals surface area contributed by atoms with Crippen molar-refractivity contribution in [3.63, 3.8) is 0 Å². The largest absolute Gasteiger partial charge is 0.495 e. The van der Waals surface area contributed by atoms with Crippen LogP contribution in [0, 0.1) is 0 Å². The van der Waals surface area contributed by atoms with Crippen LogP contribution in [0.3, 0.4) is 0 Å². The number of aliphatic imine (C=N–C) groups is 1. The molecule has 3 aromatic rings. The smallest absolute Gasteiger partial charge is 0.338 e. The first-order valence-corrected chi connectivity index (χ1v) is 13.4. The number of halogens is 1. The normalized spacial score (nSPS) is 14.7. The van der Waals surface area contributed by atoms with E-state index in [1.165, 1.54) is 18.9 Å². The van der Waals surface area contributed by atoms with Crippen LogP contribution in [0.5, 0.6) is 11.5 Å². The number of carbonyl (C=O) groups excluding carboxylic acids is 3. The molecule has 1 aliphatic heterocycles. The predicted octanol–water partition coefficient (Wildman–Crippen LogP) is 5.54. The van der Waals surface area contributed by atoms with Gasteiger partial charge in [-0.1, -0.05) is 28.1 Å². The molecule has 0 aromatic heterocycles. The third-order valence-electron chi connectivity index (χ3n) is 5.26. The van der Waals surface area contributed by atoms with Crippen LogP contribution in [0.1, 0.15) is 22.8 Å². The molecule has 0 radical (unpaired) electrons. The second kappa shape index (κ2) is 13.1. The molecule has 2 amide bonds. The number of amides is 2. The Labute approximate surface area is 237 Å². The SMILES string of the molecule is CCOC(=O)c1ccc(N=C2NC(=O)/C(=C\c3cc(Br)ccc3OCC(=O)Nc3ccccc3OC)S2)cc1. The molecular weight excluding hydrogens is 586 g/mol. The van der Waals surface area contributed by atoms with Crippen molar-refractivity contribution < 1.29 is 28.6 Å². The number of nitrogens with zero attached hydrogens (tertiary/aromatic N) is 1. The lowest BCUT2D eigenvalue weighted by atomic mass is 10.2. The van der Waals surface area contributed by atoms with Crippen molar-refractivity contribution in [2.45, 2.75) is 6.92 Å². The zero-order chi connectivity index (χ0) is 27.8. The lowest BCUT2D eigenvalue weighted by Crippen LogP contribution is -2.20. The molecule has 4 rings (SSSR count). The van der Waals surface area contributed by atoms with Crippen LogP contribution in [0.15, 0.2) is 81.1 Å². The average Bonchev–Trinajstić information content (AvgIpc) is 3.27. The van der Waals surface area contributed by atoms with Crippen molar-refractivity contribution >= 4 is 68.1 Å². The number of esters is 1. The highest BCUT2D eigenvalue weighted by Gasteiger charge is 2.24. The van der Waals surface area contributed by atoms with Gasteiger partial charge in [-0.2, -0.15) is 0 Å². The van der Waals surface area contributed by atoms with E-state index >= 15 is 0 Å². The van der Waals surface area contributed by atoms with E-state index in [0.717, 1.165) is 4.47 Å². The van der Waals surface area contributed by atoms with E-state index in [9.17, 15) is 14.4 Å². The number of methoxy groups -OCH3 is 1. The molecule has 1 fully saturated rings. The van der Waals surface area contributed by atoms with Crippen LogP contribution >= 0.6 is 27.7 Å². The number of anilines is 1. The topological polar surface area (TPSA) is 115 Å². The van der Waals surface area contributed by atoms with E-state index < -0.39 is 5.97 Å². The molecule has 39 heavy (non-hydrogen) atoms. The summed E-state index contributed by atoms with van der Waals surface area (Å²) in [5.74, 6) is -0.125. The summed E-state index contributed by atoms with van der Waals surface area (Å²) in [5, 5.41) is 5.90. The van der Waals surface area contributed by atoms with Crippen molar-refractivity contribution in [1.82, 2.24) is 5.32 Å². The maximum absolute atomic E-state index is 12.6. The Hall–Kier alpha value is -4.09. The van der Waals surface area contributed by atoms with E-state index in [2.05, 4.69) is 31.6 Å². The fourth-order valence-corrected chi connectivity index (χ4v) is 4.68. The number of para-hydroxylation sites is 2. The third kappa shape index (κ3) is 7.49. The van der Waals surface area contributed by atoms with Crippen LogP contribution in [0.25, 0.3) is 6.08 Å². The summed E-state index contributed by atoms with van der Waals surface area (Å²) in [5.41, 5.74) is 2.13. The third-order valence-corrected chi connectivity index (χ3v) is 6.66. The van der Waals surface area contributed by atoms with E-state index in [1.54, 1.807) is 73.7 Å². The molecule has 1 saturated heterocycles. The lowest BCUT2D eigenvalue weighted by Gasteiger charge is -2.12. The second-order valence-electron chi connectivity index (χ2n) is 7.97. The first-order valence-electron chi connectivity index (χ1n) is 11.8. The highest BCUT2D eigenvalue weighted by Crippen LogP contribution is 2.32. The molecule has 200 valence electrons. The highest BCUT2D eigenvalue weighted by molar-refractivity contribution is 9.10. The van der Waals surface area contributed by atoms with Gasteiger partial charge in [0.1, 0.15) is 11.5 Å². The lowest BCUT2D eigenvalue weighted by molar-refractivity contribution is -0.118. The first-order chi connectivity index (χ1) is 18.9. The molecule has 0 atom stereocenters. The van der Waals surface area contributed by atoms with Crippen molar-refractivity contribution in [2.24, 2.45) is 4.99 Å². The van der Waals surface area contributed by atoms with Crippen LogP contribution in [0.4, 0.5) is 11.4 Å². The molecule has 0 saturated carbocycles. The molecule has 0 unspecified atom stereocenters. The minimum atomic E-state index is -0.408. The van der Waals surface area contributed by atoms with Crippen LogP contribution in [-0.4, -0.2) is 43.3 Å². The highest BCUT2D eigenvalue weighted by atomic mass is 79.9. The summed E-state index contributed by atoms with van der Waals surface area (Å²) in [6.07, 6.45) is 1.67. The van der Waals surface area contributed by atoms with E-state index in [1.807, 2.05) is 6.07 Å². The van der Waals surface area contributed by atoms with Gasteiger partial charge in [0, 0.05) is 10.0 Å². The summed E-state index contributed by atoms with van der Waals surface area (Å²) in [7, 11) is 1.53. The number of hydrogen-bond acceptors (Lipinski definition) is 8. The minimum Gasteiger partial charge on any atom is -0.495 e. The Morgan fingerprint density at radius 2 is 1.85 bits per heavy atom. The van der Waals surface area contributed by atoms with Crippen molar-refractivity contribution in [2.75, 3.05) is 25.6 Å². The minimum absolute atomic E-state index is 0.246. The first kappa shape index (κ1) is 27.9. The number of benzene rings is 3. The van der Waals surface area contributed by atoms with Gasteiger partial charge < -0.3 is 24.8 Å². The number of ether oxygens (including phenoxy) is 3. The Balaban J connectivity index is 1.45. The van der Waals surface area contributed by atoms with Crippen molar-refractivity contribution in [1.29, 1.82) is 0 Å².